The molecule has 0 saturated carbocycles. The van der Waals surface area contributed by atoms with Gasteiger partial charge in [-0.3, -0.25) is 9.69 Å². The Morgan fingerprint density at radius 2 is 1.67 bits per heavy atom. The molecule has 0 spiro atoms. The van der Waals surface area contributed by atoms with Gasteiger partial charge in [-0.2, -0.15) is 0 Å². The SMILES string of the molecule is CCOC(=O)c1ccc(N2C(=O)/C(=C\c3ccc(Cl)cc3)C(C(=O)OC)=C2C)cc1. The molecule has 0 fully saturated rings. The van der Waals surface area contributed by atoms with Crippen molar-refractivity contribution in [2.45, 2.75) is 13.8 Å². The van der Waals surface area contributed by atoms with Crippen molar-refractivity contribution in [3.63, 3.8) is 0 Å². The van der Waals surface area contributed by atoms with Crippen LogP contribution in [0.1, 0.15) is 29.8 Å². The maximum Gasteiger partial charge on any atom is 0.340 e. The fraction of sp³-hybridized carbons (Fsp3) is 0.174. The number of ether oxygens (including phenoxy) is 2. The average molecular weight is 426 g/mol. The van der Waals surface area contributed by atoms with Crippen molar-refractivity contribution in [1.82, 2.24) is 0 Å². The summed E-state index contributed by atoms with van der Waals surface area (Å²) in [6.07, 6.45) is 1.63. The van der Waals surface area contributed by atoms with Gasteiger partial charge in [-0.15, -0.1) is 0 Å². The van der Waals surface area contributed by atoms with E-state index in [0.717, 1.165) is 5.56 Å². The molecule has 1 aliphatic rings. The number of methoxy groups -OCH3 is 1. The highest BCUT2D eigenvalue weighted by molar-refractivity contribution is 6.30. The molecule has 0 N–H and O–H groups in total. The number of amides is 1. The molecule has 2 aromatic carbocycles. The highest BCUT2D eigenvalue weighted by Crippen LogP contribution is 2.35. The van der Waals surface area contributed by atoms with Crippen LogP contribution in [0.25, 0.3) is 6.08 Å². The van der Waals surface area contributed by atoms with Gasteiger partial charge in [-0.25, -0.2) is 9.59 Å². The third-order valence-corrected chi connectivity index (χ3v) is 4.86. The molecule has 0 atom stereocenters. The highest BCUT2D eigenvalue weighted by Gasteiger charge is 2.37. The molecular weight excluding hydrogens is 406 g/mol. The van der Waals surface area contributed by atoms with Gasteiger partial charge >= 0.3 is 11.9 Å². The van der Waals surface area contributed by atoms with E-state index in [2.05, 4.69) is 0 Å². The van der Waals surface area contributed by atoms with Crippen LogP contribution in [-0.4, -0.2) is 31.6 Å². The Balaban J connectivity index is 2.03. The van der Waals surface area contributed by atoms with Crippen LogP contribution in [0.5, 0.6) is 0 Å². The minimum atomic E-state index is -0.605. The molecule has 0 radical (unpaired) electrons. The molecule has 1 heterocycles. The molecule has 1 aliphatic heterocycles. The first-order valence-electron chi connectivity index (χ1n) is 9.25. The number of carbonyl (C=O) groups is 3. The fourth-order valence-corrected chi connectivity index (χ4v) is 3.30. The smallest absolute Gasteiger partial charge is 0.340 e. The summed E-state index contributed by atoms with van der Waals surface area (Å²) in [4.78, 5) is 39.0. The highest BCUT2D eigenvalue weighted by atomic mass is 35.5. The van der Waals surface area contributed by atoms with Crippen LogP contribution in [0.15, 0.2) is 65.4 Å². The number of rotatable bonds is 5. The average Bonchev–Trinajstić information content (AvgIpc) is 2.99. The minimum absolute atomic E-state index is 0.187. The Morgan fingerprint density at radius 1 is 1.03 bits per heavy atom. The van der Waals surface area contributed by atoms with Gasteiger partial charge in [-0.05, 0) is 61.9 Å². The monoisotopic (exact) mass is 425 g/mol. The molecule has 0 bridgehead atoms. The molecule has 1 amide bonds. The lowest BCUT2D eigenvalue weighted by molar-refractivity contribution is -0.136. The molecule has 154 valence electrons. The first-order valence-corrected chi connectivity index (χ1v) is 9.63. The summed E-state index contributed by atoms with van der Waals surface area (Å²) in [5.41, 5.74) is 2.46. The summed E-state index contributed by atoms with van der Waals surface area (Å²) >= 11 is 5.93. The van der Waals surface area contributed by atoms with Gasteiger partial charge in [0.05, 0.1) is 30.4 Å². The lowest BCUT2D eigenvalue weighted by atomic mass is 10.0. The summed E-state index contributed by atoms with van der Waals surface area (Å²) < 4.78 is 9.88. The second-order valence-corrected chi connectivity index (χ2v) is 6.91. The van der Waals surface area contributed by atoms with E-state index in [1.54, 1.807) is 68.5 Å². The number of anilines is 1. The van der Waals surface area contributed by atoms with Crippen LogP contribution < -0.4 is 4.90 Å². The third-order valence-electron chi connectivity index (χ3n) is 4.61. The molecule has 3 rings (SSSR count). The lowest BCUT2D eigenvalue weighted by Gasteiger charge is -2.18. The van der Waals surface area contributed by atoms with Crippen LogP contribution in [0.2, 0.25) is 5.02 Å². The summed E-state index contributed by atoms with van der Waals surface area (Å²) in [5.74, 6) is -1.42. The van der Waals surface area contributed by atoms with Gasteiger partial charge < -0.3 is 9.47 Å². The summed E-state index contributed by atoms with van der Waals surface area (Å²) in [6, 6.07) is 13.3. The molecule has 0 saturated heterocycles. The predicted octanol–water partition coefficient (Wildman–Crippen LogP) is 4.39. The van der Waals surface area contributed by atoms with Gasteiger partial charge in [-0.1, -0.05) is 23.7 Å². The molecular formula is C23H20ClNO5. The van der Waals surface area contributed by atoms with Crippen molar-refractivity contribution < 1.29 is 23.9 Å². The minimum Gasteiger partial charge on any atom is -0.465 e. The van der Waals surface area contributed by atoms with Gasteiger partial charge in [0.1, 0.15) is 0 Å². The fourth-order valence-electron chi connectivity index (χ4n) is 3.18. The van der Waals surface area contributed by atoms with Crippen molar-refractivity contribution >= 4 is 41.2 Å². The maximum absolute atomic E-state index is 13.2. The van der Waals surface area contributed by atoms with Crippen molar-refractivity contribution in [3.8, 4) is 0 Å². The van der Waals surface area contributed by atoms with Crippen LogP contribution in [0.3, 0.4) is 0 Å². The zero-order chi connectivity index (χ0) is 21.8. The van der Waals surface area contributed by atoms with Gasteiger partial charge in [0.2, 0.25) is 0 Å². The van der Waals surface area contributed by atoms with Crippen molar-refractivity contribution in [2.24, 2.45) is 0 Å². The van der Waals surface area contributed by atoms with Crippen LogP contribution in [0, 0.1) is 0 Å². The number of hydrogen-bond acceptors (Lipinski definition) is 5. The van der Waals surface area contributed by atoms with Crippen molar-refractivity contribution in [1.29, 1.82) is 0 Å². The zero-order valence-corrected chi connectivity index (χ0v) is 17.5. The van der Waals surface area contributed by atoms with E-state index < -0.39 is 11.9 Å². The Bertz CT molecular complexity index is 1050. The largest absolute Gasteiger partial charge is 0.465 e. The predicted molar refractivity (Wildman–Crippen MR) is 114 cm³/mol. The number of halogens is 1. The zero-order valence-electron chi connectivity index (χ0n) is 16.8. The number of benzene rings is 2. The summed E-state index contributed by atoms with van der Waals surface area (Å²) in [5, 5.41) is 0.568. The Hall–Kier alpha value is -3.38. The van der Waals surface area contributed by atoms with E-state index in [4.69, 9.17) is 21.1 Å². The second-order valence-electron chi connectivity index (χ2n) is 6.47. The second kappa shape index (κ2) is 8.97. The van der Waals surface area contributed by atoms with Crippen LogP contribution >= 0.6 is 11.6 Å². The van der Waals surface area contributed by atoms with E-state index in [1.807, 2.05) is 0 Å². The van der Waals surface area contributed by atoms with Gasteiger partial charge in [0.15, 0.2) is 0 Å². The number of nitrogens with zero attached hydrogens (tertiary/aromatic N) is 1. The Kier molecular flexibility index (Phi) is 6.37. The van der Waals surface area contributed by atoms with E-state index in [-0.39, 0.29) is 23.7 Å². The molecule has 6 nitrogen and oxygen atoms in total. The van der Waals surface area contributed by atoms with E-state index >= 15 is 0 Å². The number of carbonyl (C=O) groups excluding carboxylic acids is 3. The van der Waals surface area contributed by atoms with Crippen LogP contribution in [-0.2, 0) is 19.1 Å². The van der Waals surface area contributed by atoms with Crippen LogP contribution in [0.4, 0.5) is 5.69 Å². The number of hydrogen-bond donors (Lipinski definition) is 0. The molecule has 2 aromatic rings. The van der Waals surface area contributed by atoms with E-state index in [1.165, 1.54) is 12.0 Å². The Morgan fingerprint density at radius 3 is 2.23 bits per heavy atom. The normalized spacial score (nSPS) is 15.0. The summed E-state index contributed by atoms with van der Waals surface area (Å²) in [6.45, 7) is 3.67. The lowest BCUT2D eigenvalue weighted by Crippen LogP contribution is -2.24. The quantitative estimate of drug-likeness (QED) is 0.524. The molecule has 0 unspecified atom stereocenters. The van der Waals surface area contributed by atoms with E-state index in [0.29, 0.717) is 22.0 Å². The van der Waals surface area contributed by atoms with E-state index in [9.17, 15) is 14.4 Å². The topological polar surface area (TPSA) is 72.9 Å². The Labute approximate surface area is 179 Å². The molecule has 0 aromatic heterocycles. The van der Waals surface area contributed by atoms with Gasteiger partial charge in [0, 0.05) is 16.4 Å². The molecule has 7 heteroatoms. The third kappa shape index (κ3) is 4.14. The first kappa shape index (κ1) is 21.3. The maximum atomic E-state index is 13.2. The summed E-state index contributed by atoms with van der Waals surface area (Å²) in [7, 11) is 1.27. The molecule has 30 heavy (non-hydrogen) atoms. The van der Waals surface area contributed by atoms with Crippen molar-refractivity contribution in [3.05, 3.63) is 81.5 Å². The van der Waals surface area contributed by atoms with Crippen molar-refractivity contribution in [2.75, 3.05) is 18.6 Å². The number of allylic oxidation sites excluding steroid dienone is 1. The molecule has 0 aliphatic carbocycles. The van der Waals surface area contributed by atoms with Gasteiger partial charge in [0.25, 0.3) is 5.91 Å². The standard InChI is InChI=1S/C23H20ClNO5/c1-4-30-22(27)16-7-11-18(12-8-16)25-14(2)20(23(28)29-3)19(21(25)26)13-15-5-9-17(24)10-6-15/h5-13H,4H2,1-3H3/b19-13-. The first-order chi connectivity index (χ1) is 14.4. The number of esters is 2.